The van der Waals surface area contributed by atoms with Crippen molar-refractivity contribution in [3.63, 3.8) is 0 Å². The molecule has 0 fully saturated rings. The highest BCUT2D eigenvalue weighted by molar-refractivity contribution is 6.63. The van der Waals surface area contributed by atoms with Crippen LogP contribution in [0, 0.1) is 0 Å². The van der Waals surface area contributed by atoms with Gasteiger partial charge in [0.1, 0.15) is 18.5 Å². The zero-order valence-electron chi connectivity index (χ0n) is 15.9. The van der Waals surface area contributed by atoms with Crippen molar-refractivity contribution >= 4 is 16.8 Å². The first-order chi connectivity index (χ1) is 12.8. The molecule has 1 heterocycles. The van der Waals surface area contributed by atoms with E-state index in [0.717, 1.165) is 23.3 Å². The average molecular weight is 390 g/mol. The molecule has 0 saturated carbocycles. The van der Waals surface area contributed by atoms with E-state index in [2.05, 4.69) is 6.58 Å². The molecule has 0 bridgehead atoms. The van der Waals surface area contributed by atoms with Crippen LogP contribution >= 0.6 is 11.6 Å². The van der Waals surface area contributed by atoms with Gasteiger partial charge in [-0.3, -0.25) is 4.79 Å². The van der Waals surface area contributed by atoms with E-state index in [1.165, 1.54) is 5.57 Å². The Balaban J connectivity index is 0.000000227. The Kier molecular flexibility index (Phi) is 10.4. The van der Waals surface area contributed by atoms with Gasteiger partial charge in [-0.1, -0.05) is 54.1 Å². The molecule has 0 spiro atoms. The minimum absolute atomic E-state index is 0.270. The topological polar surface area (TPSA) is 72.6 Å². The number of aryl methyl sites for hydroxylation is 1. The Hall–Kier alpha value is -2.14. The maximum Gasteiger partial charge on any atom is 0.221 e. The van der Waals surface area contributed by atoms with Crippen molar-refractivity contribution in [2.75, 3.05) is 6.61 Å². The van der Waals surface area contributed by atoms with Crippen molar-refractivity contribution in [3.05, 3.63) is 77.9 Å². The summed E-state index contributed by atoms with van der Waals surface area (Å²) >= 11 is 5.19. The zero-order chi connectivity index (χ0) is 20.2. The molecule has 0 amide bonds. The molecule has 4 nitrogen and oxygen atoms in total. The number of halogens is 1. The standard InChI is InChI=1S/C9H9ClO.C9H11NO2.C4H8/c10-9(11)7-6-8-4-2-1-3-5-8;10-9-6-3-1-2-4-8(6)12-5-7(9)11;1-4(2)3/h1-5H,6-7H2;1-4,7,9,11H,5,10H2;1H2,2-3H3/t;7-,9+;/m.1./s1. The molecule has 0 saturated heterocycles. The highest BCUT2D eigenvalue weighted by Gasteiger charge is 2.25. The molecule has 5 heteroatoms. The number of allylic oxidation sites excluding steroid dienone is 1. The molecule has 3 rings (SSSR count). The Labute approximate surface area is 166 Å². The van der Waals surface area contributed by atoms with Crippen molar-refractivity contribution in [2.24, 2.45) is 5.73 Å². The van der Waals surface area contributed by atoms with Crippen LogP contribution in [-0.4, -0.2) is 23.1 Å². The molecule has 0 aliphatic carbocycles. The number of carbonyl (C=O) groups is 1. The lowest BCUT2D eigenvalue weighted by molar-refractivity contribution is -0.111. The molecule has 0 unspecified atom stereocenters. The third-order valence-electron chi connectivity index (χ3n) is 3.56. The van der Waals surface area contributed by atoms with Crippen molar-refractivity contribution in [2.45, 2.75) is 38.8 Å². The summed E-state index contributed by atoms with van der Waals surface area (Å²) < 4.78 is 5.28. The van der Waals surface area contributed by atoms with E-state index >= 15 is 0 Å². The Morgan fingerprint density at radius 3 is 2.33 bits per heavy atom. The molecule has 146 valence electrons. The third kappa shape index (κ3) is 9.38. The van der Waals surface area contributed by atoms with Gasteiger partial charge in [-0.2, -0.15) is 0 Å². The fourth-order valence-corrected chi connectivity index (χ4v) is 2.36. The summed E-state index contributed by atoms with van der Waals surface area (Å²) in [4.78, 5) is 10.4. The van der Waals surface area contributed by atoms with Crippen LogP contribution in [0.15, 0.2) is 66.7 Å². The van der Waals surface area contributed by atoms with Crippen LogP contribution in [-0.2, 0) is 11.2 Å². The molecule has 2 aromatic carbocycles. The van der Waals surface area contributed by atoms with E-state index in [0.29, 0.717) is 6.42 Å². The summed E-state index contributed by atoms with van der Waals surface area (Å²) in [6, 6.07) is 17.0. The van der Waals surface area contributed by atoms with Crippen LogP contribution in [0.3, 0.4) is 0 Å². The average Bonchev–Trinajstić information content (AvgIpc) is 2.64. The molecule has 0 radical (unpaired) electrons. The van der Waals surface area contributed by atoms with Gasteiger partial charge in [0, 0.05) is 12.0 Å². The van der Waals surface area contributed by atoms with Gasteiger partial charge in [0.25, 0.3) is 0 Å². The number of carbonyl (C=O) groups excluding carboxylic acids is 1. The van der Waals surface area contributed by atoms with Crippen LogP contribution < -0.4 is 10.5 Å². The van der Waals surface area contributed by atoms with E-state index in [4.69, 9.17) is 22.1 Å². The SMILES string of the molecule is C=C(C)C.N[C@H]1c2ccccc2OC[C@H]1O.O=C(Cl)CCc1ccccc1. The number of rotatable bonds is 3. The third-order valence-corrected chi connectivity index (χ3v) is 3.74. The van der Waals surface area contributed by atoms with E-state index in [-0.39, 0.29) is 17.9 Å². The predicted molar refractivity (Wildman–Crippen MR) is 111 cm³/mol. The van der Waals surface area contributed by atoms with Crippen LogP contribution in [0.4, 0.5) is 0 Å². The number of hydrogen-bond donors (Lipinski definition) is 2. The van der Waals surface area contributed by atoms with Gasteiger partial charge in [0.2, 0.25) is 5.24 Å². The van der Waals surface area contributed by atoms with Crippen molar-refractivity contribution < 1.29 is 14.6 Å². The summed E-state index contributed by atoms with van der Waals surface area (Å²) in [6.07, 6.45) is 0.578. The summed E-state index contributed by atoms with van der Waals surface area (Å²) in [6.45, 7) is 7.79. The fraction of sp³-hybridized carbons (Fsp3) is 0.318. The van der Waals surface area contributed by atoms with Gasteiger partial charge in [0.05, 0.1) is 6.04 Å². The van der Waals surface area contributed by atoms with Gasteiger partial charge in [-0.05, 0) is 43.5 Å². The maximum absolute atomic E-state index is 10.4. The minimum atomic E-state index is -0.583. The summed E-state index contributed by atoms with van der Waals surface area (Å²) in [5.41, 5.74) is 8.97. The first-order valence-corrected chi connectivity index (χ1v) is 9.18. The zero-order valence-corrected chi connectivity index (χ0v) is 16.7. The van der Waals surface area contributed by atoms with Crippen molar-refractivity contribution in [1.82, 2.24) is 0 Å². The second-order valence-corrected chi connectivity index (χ2v) is 6.91. The summed E-state index contributed by atoms with van der Waals surface area (Å²) in [5, 5.41) is 9.10. The second kappa shape index (κ2) is 12.3. The summed E-state index contributed by atoms with van der Waals surface area (Å²) in [7, 11) is 0. The molecule has 1 aliphatic heterocycles. The number of aliphatic hydroxyl groups excluding tert-OH is 1. The van der Waals surface area contributed by atoms with Gasteiger partial charge in [-0.15, -0.1) is 6.58 Å². The van der Waals surface area contributed by atoms with Gasteiger partial charge < -0.3 is 15.6 Å². The maximum atomic E-state index is 10.4. The van der Waals surface area contributed by atoms with Crippen LogP contribution in [0.1, 0.15) is 37.4 Å². The number of para-hydroxylation sites is 1. The first-order valence-electron chi connectivity index (χ1n) is 8.81. The fourth-order valence-electron chi connectivity index (χ4n) is 2.26. The predicted octanol–water partition coefficient (Wildman–Crippen LogP) is 4.41. The highest BCUT2D eigenvalue weighted by atomic mass is 35.5. The second-order valence-electron chi connectivity index (χ2n) is 6.49. The normalized spacial score (nSPS) is 17.1. The number of aliphatic hydroxyl groups is 1. The van der Waals surface area contributed by atoms with Gasteiger partial charge in [0.15, 0.2) is 0 Å². The first kappa shape index (κ1) is 22.9. The molecular weight excluding hydrogens is 362 g/mol. The number of fused-ring (bicyclic) bond motifs is 1. The Morgan fingerprint density at radius 2 is 1.74 bits per heavy atom. The lowest BCUT2D eigenvalue weighted by Gasteiger charge is -2.27. The number of hydrogen-bond acceptors (Lipinski definition) is 4. The number of ether oxygens (including phenoxy) is 1. The van der Waals surface area contributed by atoms with E-state index in [9.17, 15) is 9.90 Å². The molecule has 2 aromatic rings. The molecule has 1 aliphatic rings. The molecule has 27 heavy (non-hydrogen) atoms. The largest absolute Gasteiger partial charge is 0.490 e. The molecule has 2 atom stereocenters. The quantitative estimate of drug-likeness (QED) is 0.602. The Morgan fingerprint density at radius 1 is 1.19 bits per heavy atom. The lowest BCUT2D eigenvalue weighted by Crippen LogP contribution is -2.35. The van der Waals surface area contributed by atoms with Crippen LogP contribution in [0.25, 0.3) is 0 Å². The van der Waals surface area contributed by atoms with E-state index in [1.807, 2.05) is 68.4 Å². The van der Waals surface area contributed by atoms with Crippen LogP contribution in [0.5, 0.6) is 5.75 Å². The lowest BCUT2D eigenvalue weighted by atomic mass is 9.99. The Bertz CT molecular complexity index is 715. The smallest absolute Gasteiger partial charge is 0.221 e. The van der Waals surface area contributed by atoms with Gasteiger partial charge in [-0.25, -0.2) is 0 Å². The number of benzene rings is 2. The highest BCUT2D eigenvalue weighted by Crippen LogP contribution is 2.29. The van der Waals surface area contributed by atoms with Gasteiger partial charge >= 0.3 is 0 Å². The van der Waals surface area contributed by atoms with E-state index in [1.54, 1.807) is 0 Å². The van der Waals surface area contributed by atoms with Crippen LogP contribution in [0.2, 0.25) is 0 Å². The number of nitrogens with two attached hydrogens (primary N) is 1. The minimum Gasteiger partial charge on any atom is -0.490 e. The monoisotopic (exact) mass is 389 g/mol. The molecular formula is C22H28ClNO3. The van der Waals surface area contributed by atoms with E-state index < -0.39 is 6.10 Å². The van der Waals surface area contributed by atoms with Crippen molar-refractivity contribution in [3.8, 4) is 5.75 Å². The molecule has 3 N–H and O–H groups in total. The molecule has 0 aromatic heterocycles. The summed E-state index contributed by atoms with van der Waals surface area (Å²) in [5.74, 6) is 0.787. The van der Waals surface area contributed by atoms with Crippen molar-refractivity contribution in [1.29, 1.82) is 0 Å².